The Bertz CT molecular complexity index is 650. The molecule has 1 fully saturated rings. The topological polar surface area (TPSA) is 50.1 Å². The minimum absolute atomic E-state index is 0.126. The molecule has 1 saturated carbocycles. The predicted octanol–water partition coefficient (Wildman–Crippen LogP) is 7.56. The Labute approximate surface area is 177 Å². The SMILES string of the molecule is CCCCCCCC(=O)Oc1ccc(C2CCC(C#N)(C[C@H](C)CC)CC2)cc1. The van der Waals surface area contributed by atoms with Crippen LogP contribution in [0.15, 0.2) is 24.3 Å². The van der Waals surface area contributed by atoms with Crippen molar-refractivity contribution in [3.63, 3.8) is 0 Å². The molecule has 0 N–H and O–H groups in total. The number of carbonyl (C=O) groups excluding carboxylic acids is 1. The molecular weight excluding hydrogens is 358 g/mol. The quantitative estimate of drug-likeness (QED) is 0.220. The smallest absolute Gasteiger partial charge is 0.311 e. The number of rotatable bonds is 11. The Hall–Kier alpha value is -1.82. The highest BCUT2D eigenvalue weighted by atomic mass is 16.5. The predicted molar refractivity (Wildman–Crippen MR) is 119 cm³/mol. The van der Waals surface area contributed by atoms with Gasteiger partial charge < -0.3 is 4.74 Å². The van der Waals surface area contributed by atoms with Crippen molar-refractivity contribution in [2.45, 2.75) is 104 Å². The Kier molecular flexibility index (Phi) is 9.71. The number of unbranched alkanes of at least 4 members (excludes halogenated alkanes) is 4. The first-order valence-electron chi connectivity index (χ1n) is 11.7. The lowest BCUT2D eigenvalue weighted by atomic mass is 9.66. The van der Waals surface area contributed by atoms with Gasteiger partial charge in [0.1, 0.15) is 5.75 Å². The van der Waals surface area contributed by atoms with Crippen LogP contribution >= 0.6 is 0 Å². The first-order chi connectivity index (χ1) is 14.0. The Balaban J connectivity index is 1.80. The fourth-order valence-corrected chi connectivity index (χ4v) is 4.54. The summed E-state index contributed by atoms with van der Waals surface area (Å²) >= 11 is 0. The molecule has 29 heavy (non-hydrogen) atoms. The van der Waals surface area contributed by atoms with Gasteiger partial charge in [0.2, 0.25) is 0 Å². The van der Waals surface area contributed by atoms with E-state index in [1.807, 2.05) is 12.1 Å². The van der Waals surface area contributed by atoms with Gasteiger partial charge in [-0.15, -0.1) is 0 Å². The number of nitrogens with zero attached hydrogens (tertiary/aromatic N) is 1. The molecule has 1 atom stereocenters. The fourth-order valence-electron chi connectivity index (χ4n) is 4.54. The zero-order chi connectivity index (χ0) is 21.1. The first kappa shape index (κ1) is 23.5. The van der Waals surface area contributed by atoms with Crippen LogP contribution in [0.3, 0.4) is 0 Å². The summed E-state index contributed by atoms with van der Waals surface area (Å²) in [7, 11) is 0. The van der Waals surface area contributed by atoms with Gasteiger partial charge in [0.05, 0.1) is 11.5 Å². The molecule has 0 heterocycles. The van der Waals surface area contributed by atoms with Gasteiger partial charge in [-0.25, -0.2) is 0 Å². The molecule has 0 unspecified atom stereocenters. The molecule has 1 aliphatic carbocycles. The van der Waals surface area contributed by atoms with E-state index < -0.39 is 0 Å². The lowest BCUT2D eigenvalue weighted by Crippen LogP contribution is -2.27. The molecule has 0 amide bonds. The van der Waals surface area contributed by atoms with Crippen LogP contribution in [0, 0.1) is 22.7 Å². The summed E-state index contributed by atoms with van der Waals surface area (Å²) in [5, 5.41) is 9.77. The van der Waals surface area contributed by atoms with E-state index in [1.165, 1.54) is 24.8 Å². The van der Waals surface area contributed by atoms with Crippen LogP contribution in [-0.4, -0.2) is 5.97 Å². The Morgan fingerprint density at radius 1 is 1.14 bits per heavy atom. The Morgan fingerprint density at radius 3 is 2.38 bits per heavy atom. The molecule has 0 spiro atoms. The maximum atomic E-state index is 12.0. The average molecular weight is 398 g/mol. The van der Waals surface area contributed by atoms with Crippen molar-refractivity contribution in [2.24, 2.45) is 11.3 Å². The van der Waals surface area contributed by atoms with E-state index in [1.54, 1.807) is 0 Å². The highest BCUT2D eigenvalue weighted by Gasteiger charge is 2.36. The Morgan fingerprint density at radius 2 is 1.79 bits per heavy atom. The lowest BCUT2D eigenvalue weighted by Gasteiger charge is -2.36. The molecular formula is C26H39NO2. The van der Waals surface area contributed by atoms with E-state index in [0.29, 0.717) is 24.0 Å². The van der Waals surface area contributed by atoms with Gasteiger partial charge in [0, 0.05) is 6.42 Å². The van der Waals surface area contributed by atoms with Gasteiger partial charge in [-0.05, 0) is 68.1 Å². The highest BCUT2D eigenvalue weighted by Crippen LogP contribution is 2.46. The normalized spacial score (nSPS) is 22.6. The molecule has 1 aliphatic rings. The molecule has 0 bridgehead atoms. The summed E-state index contributed by atoms with van der Waals surface area (Å²) in [4.78, 5) is 12.0. The molecule has 3 heteroatoms. The first-order valence-corrected chi connectivity index (χ1v) is 11.7. The van der Waals surface area contributed by atoms with Crippen molar-refractivity contribution >= 4 is 5.97 Å². The summed E-state index contributed by atoms with van der Waals surface area (Å²) in [6.07, 6.45) is 12.5. The second kappa shape index (κ2) is 12.0. The molecule has 1 aromatic carbocycles. The molecule has 2 rings (SSSR count). The number of esters is 1. The fraction of sp³-hybridized carbons (Fsp3) is 0.692. The van der Waals surface area contributed by atoms with Crippen LogP contribution in [0.1, 0.15) is 109 Å². The molecule has 160 valence electrons. The zero-order valence-electron chi connectivity index (χ0n) is 18.7. The summed E-state index contributed by atoms with van der Waals surface area (Å²) in [6.45, 7) is 6.66. The van der Waals surface area contributed by atoms with Crippen LogP contribution in [-0.2, 0) is 4.79 Å². The van der Waals surface area contributed by atoms with Crippen LogP contribution in [0.2, 0.25) is 0 Å². The van der Waals surface area contributed by atoms with Gasteiger partial charge >= 0.3 is 5.97 Å². The minimum atomic E-state index is -0.129. The molecule has 0 saturated heterocycles. The molecule has 3 nitrogen and oxygen atoms in total. The number of hydrogen-bond donors (Lipinski definition) is 0. The van der Waals surface area contributed by atoms with Gasteiger partial charge in [-0.2, -0.15) is 5.26 Å². The van der Waals surface area contributed by atoms with Crippen LogP contribution in [0.25, 0.3) is 0 Å². The maximum absolute atomic E-state index is 12.0. The van der Waals surface area contributed by atoms with Crippen molar-refractivity contribution in [1.82, 2.24) is 0 Å². The zero-order valence-corrected chi connectivity index (χ0v) is 18.7. The highest BCUT2D eigenvalue weighted by molar-refractivity contribution is 5.72. The van der Waals surface area contributed by atoms with Crippen molar-refractivity contribution in [3.05, 3.63) is 29.8 Å². The standard InChI is InChI=1S/C26H39NO2/c1-4-6-7-8-9-10-25(28)29-24-13-11-22(12-14-24)23-15-17-26(20-27,18-16-23)19-21(3)5-2/h11-14,21,23H,4-10,15-19H2,1-3H3/t21-,23?,26?/m1/s1. The summed E-state index contributed by atoms with van der Waals surface area (Å²) in [5.74, 6) is 1.64. The van der Waals surface area contributed by atoms with Gasteiger partial charge in [-0.1, -0.05) is 65.0 Å². The van der Waals surface area contributed by atoms with Crippen LogP contribution < -0.4 is 4.74 Å². The van der Waals surface area contributed by atoms with Crippen LogP contribution in [0.4, 0.5) is 0 Å². The van der Waals surface area contributed by atoms with Crippen molar-refractivity contribution in [1.29, 1.82) is 5.26 Å². The van der Waals surface area contributed by atoms with E-state index in [4.69, 9.17) is 4.74 Å². The summed E-state index contributed by atoms with van der Waals surface area (Å²) in [5.41, 5.74) is 1.18. The molecule has 0 aliphatic heterocycles. The third-order valence-electron chi connectivity index (χ3n) is 6.68. The second-order valence-corrected chi connectivity index (χ2v) is 9.09. The number of hydrogen-bond acceptors (Lipinski definition) is 3. The number of nitriles is 1. The number of benzene rings is 1. The molecule has 0 aromatic heterocycles. The third-order valence-corrected chi connectivity index (χ3v) is 6.68. The summed E-state index contributed by atoms with van der Waals surface area (Å²) < 4.78 is 5.49. The van der Waals surface area contributed by atoms with Crippen molar-refractivity contribution < 1.29 is 9.53 Å². The summed E-state index contributed by atoms with van der Waals surface area (Å²) in [6, 6.07) is 10.7. The maximum Gasteiger partial charge on any atom is 0.311 e. The monoisotopic (exact) mass is 397 g/mol. The van der Waals surface area contributed by atoms with E-state index in [9.17, 15) is 10.1 Å². The van der Waals surface area contributed by atoms with E-state index >= 15 is 0 Å². The van der Waals surface area contributed by atoms with Gasteiger partial charge in [0.15, 0.2) is 0 Å². The second-order valence-electron chi connectivity index (χ2n) is 9.09. The van der Waals surface area contributed by atoms with Gasteiger partial charge in [-0.3, -0.25) is 4.79 Å². The molecule has 1 aromatic rings. The largest absolute Gasteiger partial charge is 0.427 e. The number of ether oxygens (including phenoxy) is 1. The third kappa shape index (κ3) is 7.50. The minimum Gasteiger partial charge on any atom is -0.427 e. The lowest BCUT2D eigenvalue weighted by molar-refractivity contribution is -0.134. The number of carbonyl (C=O) groups is 1. The van der Waals surface area contributed by atoms with E-state index in [2.05, 4.69) is 39.0 Å². The van der Waals surface area contributed by atoms with Crippen molar-refractivity contribution in [3.8, 4) is 11.8 Å². The van der Waals surface area contributed by atoms with Gasteiger partial charge in [0.25, 0.3) is 0 Å². The average Bonchev–Trinajstić information content (AvgIpc) is 2.74. The van der Waals surface area contributed by atoms with E-state index in [-0.39, 0.29) is 11.4 Å². The van der Waals surface area contributed by atoms with Crippen LogP contribution in [0.5, 0.6) is 5.75 Å². The molecule has 0 radical (unpaired) electrons. The van der Waals surface area contributed by atoms with Crippen molar-refractivity contribution in [2.75, 3.05) is 0 Å². The van der Waals surface area contributed by atoms with E-state index in [0.717, 1.165) is 51.4 Å².